The molecule has 10 nitrogen and oxygen atoms in total. The molecule has 2 aliphatic rings. The normalized spacial score (nSPS) is 21.8. The number of nitrogens with one attached hydrogen (secondary N) is 1. The van der Waals surface area contributed by atoms with Gasteiger partial charge in [-0.2, -0.15) is 14.6 Å². The molecule has 1 aliphatic heterocycles. The molecular weight excluding hydrogens is 398 g/mol. The van der Waals surface area contributed by atoms with Gasteiger partial charge in [-0.1, -0.05) is 0 Å². The molecule has 1 aliphatic carbocycles. The lowest BCUT2D eigenvalue weighted by atomic mass is 9.93. The van der Waals surface area contributed by atoms with Crippen LogP contribution in [0.2, 0.25) is 0 Å². The van der Waals surface area contributed by atoms with E-state index in [0.29, 0.717) is 25.3 Å². The minimum absolute atomic E-state index is 0.0866. The van der Waals surface area contributed by atoms with Gasteiger partial charge >= 0.3 is 6.01 Å². The number of hydrogen-bond acceptors (Lipinski definition) is 9. The Kier molecular flexibility index (Phi) is 5.70. The van der Waals surface area contributed by atoms with Gasteiger partial charge in [-0.05, 0) is 37.8 Å². The predicted octanol–water partition coefficient (Wildman–Crippen LogP) is 2.17. The highest BCUT2D eigenvalue weighted by molar-refractivity contribution is 5.52. The van der Waals surface area contributed by atoms with Crippen molar-refractivity contribution in [3.63, 3.8) is 0 Å². The topological polar surface area (TPSA) is 98.9 Å². The third-order valence-corrected chi connectivity index (χ3v) is 5.84. The van der Waals surface area contributed by atoms with E-state index in [4.69, 9.17) is 19.2 Å². The Balaban J connectivity index is 1.25. The highest BCUT2D eigenvalue weighted by Gasteiger charge is 2.25. The summed E-state index contributed by atoms with van der Waals surface area (Å²) in [7, 11) is 1.66. The summed E-state index contributed by atoms with van der Waals surface area (Å²) in [5.74, 6) is 2.41. The van der Waals surface area contributed by atoms with E-state index in [1.54, 1.807) is 17.8 Å². The van der Waals surface area contributed by atoms with Crippen molar-refractivity contribution < 1.29 is 14.2 Å². The molecule has 0 radical (unpaired) electrons. The largest absolute Gasteiger partial charge is 0.493 e. The van der Waals surface area contributed by atoms with Gasteiger partial charge in [-0.25, -0.2) is 9.97 Å². The lowest BCUT2D eigenvalue weighted by molar-refractivity contribution is 0.121. The van der Waals surface area contributed by atoms with E-state index >= 15 is 0 Å². The van der Waals surface area contributed by atoms with Crippen LogP contribution in [0, 0.1) is 0 Å². The van der Waals surface area contributed by atoms with Gasteiger partial charge in [-0.3, -0.25) is 0 Å². The van der Waals surface area contributed by atoms with Gasteiger partial charge in [0.1, 0.15) is 18.2 Å². The second kappa shape index (κ2) is 8.93. The molecule has 0 spiro atoms. The van der Waals surface area contributed by atoms with Crippen LogP contribution in [-0.4, -0.2) is 70.1 Å². The molecule has 0 aromatic carbocycles. The van der Waals surface area contributed by atoms with Crippen LogP contribution in [-0.2, 0) is 4.74 Å². The lowest BCUT2D eigenvalue weighted by Gasteiger charge is -2.30. The number of nitrogens with zero attached hydrogens (tertiary/aromatic N) is 6. The van der Waals surface area contributed by atoms with Crippen molar-refractivity contribution in [1.29, 1.82) is 0 Å². The van der Waals surface area contributed by atoms with Crippen LogP contribution >= 0.6 is 0 Å². The number of hydrogen-bond donors (Lipinski definition) is 1. The van der Waals surface area contributed by atoms with Crippen molar-refractivity contribution in [2.24, 2.45) is 0 Å². The SMILES string of the molecule is COc1cccnc1N[C@H]1CC[C@@H](Oc2nc(N3CCOCC3)cc3ncnn23)CC1. The van der Waals surface area contributed by atoms with E-state index in [0.717, 1.165) is 61.8 Å². The monoisotopic (exact) mass is 425 g/mol. The van der Waals surface area contributed by atoms with Gasteiger partial charge in [0.2, 0.25) is 0 Å². The van der Waals surface area contributed by atoms with E-state index in [-0.39, 0.29) is 6.10 Å². The summed E-state index contributed by atoms with van der Waals surface area (Å²) >= 11 is 0. The molecule has 164 valence electrons. The molecule has 31 heavy (non-hydrogen) atoms. The number of methoxy groups -OCH3 is 1. The molecule has 4 heterocycles. The lowest BCUT2D eigenvalue weighted by Crippen LogP contribution is -2.37. The number of pyridine rings is 1. The third kappa shape index (κ3) is 4.34. The quantitative estimate of drug-likeness (QED) is 0.637. The molecule has 3 aromatic heterocycles. The molecule has 5 rings (SSSR count). The first-order chi connectivity index (χ1) is 15.3. The minimum Gasteiger partial charge on any atom is -0.493 e. The fourth-order valence-electron chi connectivity index (χ4n) is 4.15. The van der Waals surface area contributed by atoms with Gasteiger partial charge in [0.25, 0.3) is 0 Å². The van der Waals surface area contributed by atoms with Crippen LogP contribution in [0.25, 0.3) is 5.65 Å². The van der Waals surface area contributed by atoms with Crippen molar-refractivity contribution in [2.75, 3.05) is 43.6 Å². The number of ether oxygens (including phenoxy) is 3. The molecule has 3 aromatic rings. The molecule has 10 heteroatoms. The fraction of sp³-hybridized carbons (Fsp3) is 0.524. The summed E-state index contributed by atoms with van der Waals surface area (Å²) < 4.78 is 18.9. The molecule has 2 fully saturated rings. The average molecular weight is 425 g/mol. The smallest absolute Gasteiger partial charge is 0.321 e. The van der Waals surface area contributed by atoms with Gasteiger partial charge in [0, 0.05) is 31.4 Å². The molecule has 0 amide bonds. The number of rotatable bonds is 6. The fourth-order valence-corrected chi connectivity index (χ4v) is 4.15. The first-order valence-electron chi connectivity index (χ1n) is 10.8. The summed E-state index contributed by atoms with van der Waals surface area (Å²) in [6.07, 6.45) is 7.20. The Hall–Kier alpha value is -3.14. The van der Waals surface area contributed by atoms with E-state index in [1.165, 1.54) is 6.33 Å². The average Bonchev–Trinajstić information content (AvgIpc) is 3.30. The Morgan fingerprint density at radius 1 is 1.13 bits per heavy atom. The zero-order valence-electron chi connectivity index (χ0n) is 17.6. The van der Waals surface area contributed by atoms with Crippen LogP contribution in [0.5, 0.6) is 11.8 Å². The summed E-state index contributed by atoms with van der Waals surface area (Å²) in [5.41, 5.74) is 0.740. The van der Waals surface area contributed by atoms with Crippen molar-refractivity contribution in [3.8, 4) is 11.8 Å². The molecule has 0 unspecified atom stereocenters. The minimum atomic E-state index is 0.0866. The van der Waals surface area contributed by atoms with E-state index in [1.807, 2.05) is 18.2 Å². The molecule has 0 atom stereocenters. The van der Waals surface area contributed by atoms with Crippen molar-refractivity contribution >= 4 is 17.3 Å². The second-order valence-electron chi connectivity index (χ2n) is 7.82. The number of anilines is 2. The maximum Gasteiger partial charge on any atom is 0.321 e. The summed E-state index contributed by atoms with van der Waals surface area (Å²) in [5, 5.41) is 7.81. The number of fused-ring (bicyclic) bond motifs is 1. The van der Waals surface area contributed by atoms with Crippen LogP contribution < -0.4 is 19.7 Å². The maximum atomic E-state index is 6.33. The number of aromatic nitrogens is 5. The van der Waals surface area contributed by atoms with E-state index < -0.39 is 0 Å². The zero-order valence-corrected chi connectivity index (χ0v) is 17.6. The van der Waals surface area contributed by atoms with Crippen LogP contribution in [0.1, 0.15) is 25.7 Å². The van der Waals surface area contributed by atoms with E-state index in [9.17, 15) is 0 Å². The zero-order chi connectivity index (χ0) is 21.0. The Bertz CT molecular complexity index is 1010. The molecule has 1 saturated carbocycles. The van der Waals surface area contributed by atoms with Crippen molar-refractivity contribution in [2.45, 2.75) is 37.8 Å². The third-order valence-electron chi connectivity index (χ3n) is 5.84. The summed E-state index contributed by atoms with van der Waals surface area (Å²) in [6.45, 7) is 3.02. The van der Waals surface area contributed by atoms with Crippen LogP contribution in [0.15, 0.2) is 30.7 Å². The van der Waals surface area contributed by atoms with Gasteiger partial charge in [0.15, 0.2) is 17.2 Å². The Labute approximate surface area is 180 Å². The summed E-state index contributed by atoms with van der Waals surface area (Å²) in [6, 6.07) is 6.58. The highest BCUT2D eigenvalue weighted by atomic mass is 16.5. The second-order valence-corrected chi connectivity index (χ2v) is 7.82. The molecule has 1 saturated heterocycles. The number of morpholine rings is 1. The first kappa shape index (κ1) is 19.8. The summed E-state index contributed by atoms with van der Waals surface area (Å²) in [4.78, 5) is 15.7. The maximum absolute atomic E-state index is 6.33. The van der Waals surface area contributed by atoms with Gasteiger partial charge < -0.3 is 24.4 Å². The van der Waals surface area contributed by atoms with Crippen molar-refractivity contribution in [3.05, 3.63) is 30.7 Å². The molecule has 1 N–H and O–H groups in total. The Morgan fingerprint density at radius 2 is 1.97 bits per heavy atom. The first-order valence-corrected chi connectivity index (χ1v) is 10.8. The van der Waals surface area contributed by atoms with Gasteiger partial charge in [0.05, 0.1) is 20.3 Å². The highest BCUT2D eigenvalue weighted by Crippen LogP contribution is 2.29. The van der Waals surface area contributed by atoms with Crippen LogP contribution in [0.4, 0.5) is 11.6 Å². The van der Waals surface area contributed by atoms with Gasteiger partial charge in [-0.15, -0.1) is 0 Å². The molecule has 0 bridgehead atoms. The van der Waals surface area contributed by atoms with E-state index in [2.05, 4.69) is 25.3 Å². The Morgan fingerprint density at radius 3 is 2.77 bits per heavy atom. The van der Waals surface area contributed by atoms with Crippen LogP contribution in [0.3, 0.4) is 0 Å². The molecular formula is C21H27N7O3. The predicted molar refractivity (Wildman–Crippen MR) is 115 cm³/mol. The van der Waals surface area contributed by atoms with Crippen molar-refractivity contribution in [1.82, 2.24) is 24.6 Å². The standard InChI is InChI=1S/C21H27N7O3/c1-29-17-3-2-8-22-20(17)25-15-4-6-16(7-5-15)31-21-26-19(27-9-11-30-12-10-27)13-18-23-14-24-28(18)21/h2-3,8,13-16H,4-7,9-12H2,1H3,(H,22,25)/t15-,16+.